The fraction of sp³-hybridized carbons (Fsp3) is 0.538. The Balaban J connectivity index is 2.44. The molecule has 1 aliphatic rings. The van der Waals surface area contributed by atoms with Crippen molar-refractivity contribution in [2.75, 3.05) is 0 Å². The molecule has 0 aliphatic heterocycles. The summed E-state index contributed by atoms with van der Waals surface area (Å²) >= 11 is 0. The molecule has 0 saturated heterocycles. The zero-order valence-corrected chi connectivity index (χ0v) is 9.17. The molecule has 0 spiro atoms. The predicted molar refractivity (Wildman–Crippen MR) is 58.2 cm³/mol. The van der Waals surface area contributed by atoms with Crippen LogP contribution in [0.4, 0.5) is 0 Å². The summed E-state index contributed by atoms with van der Waals surface area (Å²) < 4.78 is 0. The van der Waals surface area contributed by atoms with Gasteiger partial charge in [-0.05, 0) is 56.2 Å². The lowest BCUT2D eigenvalue weighted by Crippen LogP contribution is -2.25. The Hall–Kier alpha value is -0.820. The summed E-state index contributed by atoms with van der Waals surface area (Å²) in [5, 5.41) is 10.4. The average Bonchev–Trinajstić information content (AvgIpc) is 2.92. The molecule has 14 heavy (non-hydrogen) atoms. The van der Waals surface area contributed by atoms with Crippen molar-refractivity contribution >= 4 is 0 Å². The zero-order valence-electron chi connectivity index (χ0n) is 9.17. The highest BCUT2D eigenvalue weighted by molar-refractivity contribution is 5.37. The lowest BCUT2D eigenvalue weighted by atomic mass is 9.86. The van der Waals surface area contributed by atoms with Crippen LogP contribution in [0.25, 0.3) is 0 Å². The molecule has 1 aromatic rings. The van der Waals surface area contributed by atoms with Crippen molar-refractivity contribution in [2.24, 2.45) is 5.92 Å². The second-order valence-corrected chi connectivity index (χ2v) is 4.67. The largest absolute Gasteiger partial charge is 0.385 e. The first-order valence-corrected chi connectivity index (χ1v) is 5.32. The van der Waals surface area contributed by atoms with E-state index in [-0.39, 0.29) is 0 Å². The van der Waals surface area contributed by atoms with Crippen molar-refractivity contribution in [2.45, 2.75) is 39.2 Å². The van der Waals surface area contributed by atoms with Crippen LogP contribution in [0.5, 0.6) is 0 Å². The van der Waals surface area contributed by atoms with Crippen molar-refractivity contribution in [1.82, 2.24) is 0 Å². The molecule has 76 valence electrons. The Bertz CT molecular complexity index is 348. The van der Waals surface area contributed by atoms with Crippen LogP contribution in [0.2, 0.25) is 0 Å². The summed E-state index contributed by atoms with van der Waals surface area (Å²) in [6.07, 6.45) is 2.33. The highest BCUT2D eigenvalue weighted by atomic mass is 16.3. The van der Waals surface area contributed by atoms with Gasteiger partial charge in [0.2, 0.25) is 0 Å². The highest BCUT2D eigenvalue weighted by Gasteiger charge is 2.41. The van der Waals surface area contributed by atoms with Crippen LogP contribution in [-0.2, 0) is 5.60 Å². The van der Waals surface area contributed by atoms with Gasteiger partial charge in [0.25, 0.3) is 0 Å². The average molecular weight is 190 g/mol. The Kier molecular flexibility index (Phi) is 2.15. The van der Waals surface area contributed by atoms with Gasteiger partial charge in [-0.25, -0.2) is 0 Å². The highest BCUT2D eigenvalue weighted by Crippen LogP contribution is 2.46. The van der Waals surface area contributed by atoms with Crippen LogP contribution >= 0.6 is 0 Å². The van der Waals surface area contributed by atoms with Crippen molar-refractivity contribution in [3.8, 4) is 0 Å². The second kappa shape index (κ2) is 3.09. The van der Waals surface area contributed by atoms with E-state index < -0.39 is 5.60 Å². The maximum Gasteiger partial charge on any atom is 0.0899 e. The Morgan fingerprint density at radius 1 is 1.29 bits per heavy atom. The van der Waals surface area contributed by atoms with Crippen LogP contribution < -0.4 is 0 Å². The van der Waals surface area contributed by atoms with Gasteiger partial charge in [0, 0.05) is 0 Å². The number of aliphatic hydroxyl groups is 1. The number of rotatable bonds is 2. The van der Waals surface area contributed by atoms with Gasteiger partial charge in [0.1, 0.15) is 0 Å². The van der Waals surface area contributed by atoms with Gasteiger partial charge in [-0.15, -0.1) is 0 Å². The van der Waals surface area contributed by atoms with Crippen molar-refractivity contribution in [3.63, 3.8) is 0 Å². The number of aryl methyl sites for hydroxylation is 1. The van der Waals surface area contributed by atoms with Gasteiger partial charge >= 0.3 is 0 Å². The van der Waals surface area contributed by atoms with E-state index in [1.165, 1.54) is 24.0 Å². The molecule has 0 amide bonds. The number of benzene rings is 1. The smallest absolute Gasteiger partial charge is 0.0899 e. The minimum atomic E-state index is -0.615. The van der Waals surface area contributed by atoms with E-state index in [1.807, 2.05) is 13.0 Å². The molecule has 1 fully saturated rings. The maximum atomic E-state index is 10.4. The first kappa shape index (κ1) is 9.72. The lowest BCUT2D eigenvalue weighted by Gasteiger charge is -2.26. The van der Waals surface area contributed by atoms with E-state index in [2.05, 4.69) is 26.0 Å². The monoisotopic (exact) mass is 190 g/mol. The van der Waals surface area contributed by atoms with E-state index in [0.717, 1.165) is 5.56 Å². The molecule has 2 rings (SSSR count). The maximum absolute atomic E-state index is 10.4. The van der Waals surface area contributed by atoms with Gasteiger partial charge in [-0.3, -0.25) is 0 Å². The normalized spacial score (nSPS) is 20.6. The molecule has 0 radical (unpaired) electrons. The molecule has 1 heteroatoms. The molecule has 1 N–H and O–H groups in total. The number of hydrogen-bond acceptors (Lipinski definition) is 1. The van der Waals surface area contributed by atoms with Gasteiger partial charge in [-0.1, -0.05) is 18.2 Å². The fourth-order valence-electron chi connectivity index (χ4n) is 2.16. The summed E-state index contributed by atoms with van der Waals surface area (Å²) in [6.45, 7) is 6.15. The third-order valence-corrected chi connectivity index (χ3v) is 3.52. The van der Waals surface area contributed by atoms with Gasteiger partial charge in [-0.2, -0.15) is 0 Å². The molecule has 1 saturated carbocycles. The van der Waals surface area contributed by atoms with E-state index in [1.54, 1.807) is 0 Å². The Morgan fingerprint density at radius 2 is 1.93 bits per heavy atom. The topological polar surface area (TPSA) is 20.2 Å². The third-order valence-electron chi connectivity index (χ3n) is 3.52. The van der Waals surface area contributed by atoms with E-state index >= 15 is 0 Å². The zero-order chi connectivity index (χ0) is 10.3. The second-order valence-electron chi connectivity index (χ2n) is 4.67. The Morgan fingerprint density at radius 3 is 2.50 bits per heavy atom. The van der Waals surface area contributed by atoms with Crippen molar-refractivity contribution in [3.05, 3.63) is 34.9 Å². The van der Waals surface area contributed by atoms with Crippen LogP contribution in [0.15, 0.2) is 18.2 Å². The lowest BCUT2D eigenvalue weighted by molar-refractivity contribution is 0.0324. The molecule has 0 heterocycles. The SMILES string of the molecule is Cc1cccc([C@@](C)(O)C2CC2)c1C. The molecule has 1 aliphatic carbocycles. The Labute approximate surface area is 85.8 Å². The van der Waals surface area contributed by atoms with Crippen LogP contribution in [0.3, 0.4) is 0 Å². The summed E-state index contributed by atoms with van der Waals surface area (Å²) in [5.74, 6) is 0.475. The van der Waals surface area contributed by atoms with Crippen LogP contribution in [-0.4, -0.2) is 5.11 Å². The molecule has 0 aromatic heterocycles. The molecule has 1 nitrogen and oxygen atoms in total. The molecular weight excluding hydrogens is 172 g/mol. The molecule has 0 unspecified atom stereocenters. The number of hydrogen-bond donors (Lipinski definition) is 1. The molecule has 1 aromatic carbocycles. The summed E-state index contributed by atoms with van der Waals surface area (Å²) in [6, 6.07) is 6.19. The molecular formula is C13H18O. The van der Waals surface area contributed by atoms with E-state index in [0.29, 0.717) is 5.92 Å². The van der Waals surface area contributed by atoms with Crippen molar-refractivity contribution < 1.29 is 5.11 Å². The third kappa shape index (κ3) is 1.46. The summed E-state index contributed by atoms with van der Waals surface area (Å²) in [7, 11) is 0. The quantitative estimate of drug-likeness (QED) is 0.760. The summed E-state index contributed by atoms with van der Waals surface area (Å²) in [5.41, 5.74) is 3.00. The van der Waals surface area contributed by atoms with Gasteiger partial charge in [0.15, 0.2) is 0 Å². The predicted octanol–water partition coefficient (Wildman–Crippen LogP) is 2.92. The van der Waals surface area contributed by atoms with E-state index in [4.69, 9.17) is 0 Å². The minimum Gasteiger partial charge on any atom is -0.385 e. The summed E-state index contributed by atoms with van der Waals surface area (Å²) in [4.78, 5) is 0. The minimum absolute atomic E-state index is 0.475. The van der Waals surface area contributed by atoms with Crippen molar-refractivity contribution in [1.29, 1.82) is 0 Å². The van der Waals surface area contributed by atoms with Gasteiger partial charge < -0.3 is 5.11 Å². The fourth-order valence-corrected chi connectivity index (χ4v) is 2.16. The first-order chi connectivity index (χ1) is 6.53. The molecule has 1 atom stereocenters. The van der Waals surface area contributed by atoms with Gasteiger partial charge in [0.05, 0.1) is 5.60 Å². The van der Waals surface area contributed by atoms with E-state index in [9.17, 15) is 5.11 Å². The van der Waals surface area contributed by atoms with Crippen LogP contribution in [0, 0.1) is 19.8 Å². The first-order valence-electron chi connectivity index (χ1n) is 5.32. The van der Waals surface area contributed by atoms with Crippen LogP contribution in [0.1, 0.15) is 36.5 Å². The standard InChI is InChI=1S/C13H18O/c1-9-5-4-6-12(10(9)2)13(3,14)11-7-8-11/h4-6,11,14H,7-8H2,1-3H3/t13-/m0/s1. The molecule has 0 bridgehead atoms.